The highest BCUT2D eigenvalue weighted by atomic mass is 32.2. The van der Waals surface area contributed by atoms with Gasteiger partial charge in [-0.25, -0.2) is 8.42 Å². The minimum atomic E-state index is -4.66. The van der Waals surface area contributed by atoms with Crippen molar-refractivity contribution < 1.29 is 26.3 Å². The Hall–Kier alpha value is -1.79. The number of alkyl halides is 3. The number of nitrogens with one attached hydrogen (secondary N) is 1. The Kier molecular flexibility index (Phi) is 5.65. The minimum Gasteiger partial charge on any atom is -0.377 e. The lowest BCUT2D eigenvalue weighted by atomic mass is 10.1. The molecule has 2 fully saturated rings. The average molecular weight is 424 g/mol. The maximum absolute atomic E-state index is 13.7. The van der Waals surface area contributed by atoms with Gasteiger partial charge in [-0.1, -0.05) is 0 Å². The van der Waals surface area contributed by atoms with E-state index in [4.69, 9.17) is 4.74 Å². The molecular formula is C16H23F3N4O4S. The van der Waals surface area contributed by atoms with Crippen molar-refractivity contribution >= 4 is 21.5 Å². The van der Waals surface area contributed by atoms with Gasteiger partial charge in [0.2, 0.25) is 10.0 Å². The van der Waals surface area contributed by atoms with Gasteiger partial charge in [0.25, 0.3) is 5.56 Å². The molecule has 0 bridgehead atoms. The molecule has 1 aromatic heterocycles. The van der Waals surface area contributed by atoms with E-state index >= 15 is 0 Å². The van der Waals surface area contributed by atoms with Gasteiger partial charge >= 0.3 is 6.18 Å². The predicted octanol–water partition coefficient (Wildman–Crippen LogP) is 0.612. The van der Waals surface area contributed by atoms with Crippen molar-refractivity contribution in [1.82, 2.24) is 9.29 Å². The van der Waals surface area contributed by atoms with E-state index in [1.54, 1.807) is 0 Å². The predicted molar refractivity (Wildman–Crippen MR) is 98.3 cm³/mol. The Bertz CT molecular complexity index is 873. The smallest absolute Gasteiger partial charge is 0.377 e. The van der Waals surface area contributed by atoms with Crippen molar-refractivity contribution in [2.75, 3.05) is 55.4 Å². The van der Waals surface area contributed by atoms with Crippen molar-refractivity contribution in [1.29, 1.82) is 0 Å². The van der Waals surface area contributed by atoms with Crippen LogP contribution in [0.2, 0.25) is 0 Å². The van der Waals surface area contributed by atoms with E-state index in [2.05, 4.69) is 4.98 Å². The average Bonchev–Trinajstić information content (AvgIpc) is 2.59. The summed E-state index contributed by atoms with van der Waals surface area (Å²) >= 11 is 0. The van der Waals surface area contributed by atoms with Gasteiger partial charge in [-0.05, 0) is 6.92 Å². The molecule has 0 aliphatic carbocycles. The third kappa shape index (κ3) is 4.44. The highest BCUT2D eigenvalue weighted by Crippen LogP contribution is 2.32. The standard InChI is InChI=1S/C16H23F3N4O4S/c1-11-10-27-6-5-22(11)12-7-14(20-15(24)8-12)23-4-3-21(28(2,25)26)9-13(23)16(17,18)19/h7-8,11,13H,3-6,9-10H2,1-2H3,(H,20,24)/t11-,13?/m1/s1. The number of halogens is 3. The van der Waals surface area contributed by atoms with E-state index in [-0.39, 0.29) is 24.9 Å². The van der Waals surface area contributed by atoms with E-state index in [1.165, 1.54) is 12.1 Å². The minimum absolute atomic E-state index is 0.0242. The molecule has 0 radical (unpaired) electrons. The maximum atomic E-state index is 13.7. The first kappa shape index (κ1) is 20.9. The highest BCUT2D eigenvalue weighted by molar-refractivity contribution is 7.88. The Morgan fingerprint density at radius 3 is 2.50 bits per heavy atom. The molecule has 1 aromatic rings. The Morgan fingerprint density at radius 1 is 1.18 bits per heavy atom. The molecule has 0 aromatic carbocycles. The second-order valence-corrected chi connectivity index (χ2v) is 9.06. The first-order valence-corrected chi connectivity index (χ1v) is 10.7. The van der Waals surface area contributed by atoms with Crippen LogP contribution in [0.3, 0.4) is 0 Å². The second-order valence-electron chi connectivity index (χ2n) is 7.08. The second kappa shape index (κ2) is 7.56. The molecule has 2 aliphatic rings. The highest BCUT2D eigenvalue weighted by Gasteiger charge is 2.48. The summed E-state index contributed by atoms with van der Waals surface area (Å²) in [7, 11) is -3.75. The summed E-state index contributed by atoms with van der Waals surface area (Å²) in [6.07, 6.45) is -3.78. The molecule has 0 spiro atoms. The van der Waals surface area contributed by atoms with E-state index < -0.39 is 34.3 Å². The van der Waals surface area contributed by atoms with E-state index in [0.29, 0.717) is 25.4 Å². The summed E-state index contributed by atoms with van der Waals surface area (Å²) in [4.78, 5) is 17.6. The van der Waals surface area contributed by atoms with Gasteiger partial charge in [0.1, 0.15) is 11.9 Å². The van der Waals surface area contributed by atoms with Crippen LogP contribution < -0.4 is 15.4 Å². The number of hydrogen-bond donors (Lipinski definition) is 1. The molecule has 2 atom stereocenters. The number of pyridine rings is 1. The fourth-order valence-electron chi connectivity index (χ4n) is 3.57. The number of rotatable bonds is 3. The van der Waals surface area contributed by atoms with Crippen molar-refractivity contribution in [3.63, 3.8) is 0 Å². The summed E-state index contributed by atoms with van der Waals surface area (Å²) < 4.78 is 70.6. The maximum Gasteiger partial charge on any atom is 0.410 e. The van der Waals surface area contributed by atoms with Crippen LogP contribution in [0.5, 0.6) is 0 Å². The Morgan fingerprint density at radius 2 is 1.89 bits per heavy atom. The Balaban J connectivity index is 1.96. The molecule has 0 saturated carbocycles. The lowest BCUT2D eigenvalue weighted by Gasteiger charge is -2.42. The number of nitrogens with zero attached hydrogens (tertiary/aromatic N) is 3. The number of H-pyrrole nitrogens is 1. The molecule has 1 N–H and O–H groups in total. The monoisotopic (exact) mass is 424 g/mol. The SMILES string of the molecule is C[C@@H]1COCCN1c1cc(N2CCN(S(C)(=O)=O)CC2C(F)(F)F)[nH]c(=O)c1. The van der Waals surface area contributed by atoms with Crippen LogP contribution in [0.25, 0.3) is 0 Å². The molecule has 158 valence electrons. The number of morpholine rings is 1. The number of piperazine rings is 1. The number of ether oxygens (including phenoxy) is 1. The number of aromatic nitrogens is 1. The fraction of sp³-hybridized carbons (Fsp3) is 0.688. The van der Waals surface area contributed by atoms with Gasteiger partial charge in [0.05, 0.1) is 19.5 Å². The lowest BCUT2D eigenvalue weighted by molar-refractivity contribution is -0.153. The number of anilines is 2. The van der Waals surface area contributed by atoms with Crippen molar-refractivity contribution in [3.8, 4) is 0 Å². The van der Waals surface area contributed by atoms with E-state index in [9.17, 15) is 26.4 Å². The first-order chi connectivity index (χ1) is 13.0. The molecule has 3 heterocycles. The molecule has 28 heavy (non-hydrogen) atoms. The van der Waals surface area contributed by atoms with E-state index in [0.717, 1.165) is 15.5 Å². The molecule has 3 rings (SSSR count). The Labute approximate surface area is 160 Å². The largest absolute Gasteiger partial charge is 0.410 e. The topological polar surface area (TPSA) is 85.9 Å². The lowest BCUT2D eigenvalue weighted by Crippen LogP contribution is -2.60. The normalized spacial score (nSPS) is 25.2. The van der Waals surface area contributed by atoms with Gasteiger partial charge < -0.3 is 19.5 Å². The van der Waals surface area contributed by atoms with Gasteiger partial charge in [-0.3, -0.25) is 4.79 Å². The summed E-state index contributed by atoms with van der Waals surface area (Å²) in [5.74, 6) is 0.0247. The van der Waals surface area contributed by atoms with Crippen LogP contribution in [0, 0.1) is 0 Å². The zero-order valence-electron chi connectivity index (χ0n) is 15.6. The zero-order valence-corrected chi connectivity index (χ0v) is 16.4. The molecular weight excluding hydrogens is 401 g/mol. The quantitative estimate of drug-likeness (QED) is 0.766. The van der Waals surface area contributed by atoms with Crippen LogP contribution in [0.1, 0.15) is 6.92 Å². The molecule has 12 heteroatoms. The van der Waals surface area contributed by atoms with Crippen molar-refractivity contribution in [2.45, 2.75) is 25.2 Å². The van der Waals surface area contributed by atoms with Crippen LogP contribution >= 0.6 is 0 Å². The fourth-order valence-corrected chi connectivity index (χ4v) is 4.40. The summed E-state index contributed by atoms with van der Waals surface area (Å²) in [5, 5.41) is 0. The van der Waals surface area contributed by atoms with E-state index in [1.807, 2.05) is 11.8 Å². The number of aromatic amines is 1. The van der Waals surface area contributed by atoms with Gasteiger partial charge in [0.15, 0.2) is 0 Å². The molecule has 8 nitrogen and oxygen atoms in total. The molecule has 2 aliphatic heterocycles. The zero-order chi connectivity index (χ0) is 20.7. The van der Waals surface area contributed by atoms with Crippen LogP contribution in [0.4, 0.5) is 24.7 Å². The van der Waals surface area contributed by atoms with Crippen LogP contribution in [0.15, 0.2) is 16.9 Å². The molecule has 2 saturated heterocycles. The van der Waals surface area contributed by atoms with Crippen LogP contribution in [-0.2, 0) is 14.8 Å². The summed E-state index contributed by atoms with van der Waals surface area (Å²) in [6, 6.07) is 0.784. The third-order valence-electron chi connectivity index (χ3n) is 5.01. The third-order valence-corrected chi connectivity index (χ3v) is 6.28. The van der Waals surface area contributed by atoms with Crippen LogP contribution in [-0.4, -0.2) is 81.6 Å². The van der Waals surface area contributed by atoms with Gasteiger partial charge in [-0.15, -0.1) is 0 Å². The number of hydrogen-bond acceptors (Lipinski definition) is 6. The summed E-state index contributed by atoms with van der Waals surface area (Å²) in [5.41, 5.74) is -0.00123. The molecule has 1 unspecified atom stereocenters. The first-order valence-electron chi connectivity index (χ1n) is 8.84. The van der Waals surface area contributed by atoms with Gasteiger partial charge in [0, 0.05) is 50.0 Å². The number of sulfonamides is 1. The van der Waals surface area contributed by atoms with Gasteiger partial charge in [-0.2, -0.15) is 17.5 Å². The van der Waals surface area contributed by atoms with Crippen molar-refractivity contribution in [2.24, 2.45) is 0 Å². The molecule has 0 amide bonds. The van der Waals surface area contributed by atoms with Crippen molar-refractivity contribution in [3.05, 3.63) is 22.5 Å². The summed E-state index contributed by atoms with van der Waals surface area (Å²) in [6.45, 7) is 2.35.